The first-order chi connectivity index (χ1) is 21.1. The highest BCUT2D eigenvalue weighted by atomic mass is 16.7. The predicted octanol–water partition coefficient (Wildman–Crippen LogP) is 1.25. The monoisotopic (exact) mass is 604 g/mol. The summed E-state index contributed by atoms with van der Waals surface area (Å²) < 4.78 is 16.6. The molecule has 0 saturated heterocycles. The number of rotatable bonds is 4. The van der Waals surface area contributed by atoms with E-state index in [-0.39, 0.29) is 36.8 Å². The molecule has 0 unspecified atom stereocenters. The van der Waals surface area contributed by atoms with E-state index in [1.807, 2.05) is 0 Å². The molecular formula is C31H32N4O9. The molecule has 0 saturated carbocycles. The van der Waals surface area contributed by atoms with E-state index in [1.54, 1.807) is 42.5 Å². The number of hydrogen-bond acceptors (Lipinski definition) is 9. The van der Waals surface area contributed by atoms with Crippen molar-refractivity contribution in [2.24, 2.45) is 0 Å². The zero-order valence-corrected chi connectivity index (χ0v) is 24.0. The molecule has 3 aromatic rings. The number of aromatic hydroxyl groups is 1. The van der Waals surface area contributed by atoms with Gasteiger partial charge >= 0.3 is 0 Å². The highest BCUT2D eigenvalue weighted by Gasteiger charge is 2.31. The van der Waals surface area contributed by atoms with Crippen molar-refractivity contribution in [2.45, 2.75) is 51.0 Å². The molecular weight excluding hydrogens is 572 g/mol. The zero-order chi connectivity index (χ0) is 31.4. The van der Waals surface area contributed by atoms with Gasteiger partial charge in [-0.3, -0.25) is 19.2 Å². The van der Waals surface area contributed by atoms with E-state index in [1.165, 1.54) is 32.0 Å². The molecule has 230 valence electrons. The van der Waals surface area contributed by atoms with Crippen molar-refractivity contribution in [1.82, 2.24) is 21.3 Å². The Morgan fingerprint density at radius 1 is 0.932 bits per heavy atom. The average molecular weight is 605 g/mol. The minimum Gasteiger partial charge on any atom is -0.507 e. The Morgan fingerprint density at radius 3 is 2.41 bits per heavy atom. The summed E-state index contributed by atoms with van der Waals surface area (Å²) in [6.07, 6.45) is -1.23. The highest BCUT2D eigenvalue weighted by molar-refractivity contribution is 6.00. The predicted molar refractivity (Wildman–Crippen MR) is 155 cm³/mol. The first-order valence-corrected chi connectivity index (χ1v) is 13.9. The first-order valence-electron chi connectivity index (χ1n) is 13.9. The van der Waals surface area contributed by atoms with Gasteiger partial charge in [0.1, 0.15) is 35.4 Å². The van der Waals surface area contributed by atoms with Crippen LogP contribution < -0.4 is 35.5 Å². The fraction of sp³-hybridized carbons (Fsp3) is 0.290. The van der Waals surface area contributed by atoms with Crippen LogP contribution in [0.5, 0.6) is 28.7 Å². The minimum atomic E-state index is -1.46. The molecule has 3 aliphatic heterocycles. The summed E-state index contributed by atoms with van der Waals surface area (Å²) >= 11 is 0. The summed E-state index contributed by atoms with van der Waals surface area (Å²) in [5, 5.41) is 30.9. The third-order valence-corrected chi connectivity index (χ3v) is 7.15. The van der Waals surface area contributed by atoms with Crippen LogP contribution in [-0.2, 0) is 27.3 Å². The van der Waals surface area contributed by atoms with Gasteiger partial charge in [-0.15, -0.1) is 0 Å². The van der Waals surface area contributed by atoms with E-state index in [9.17, 15) is 29.4 Å². The summed E-state index contributed by atoms with van der Waals surface area (Å²) in [4.78, 5) is 52.6. The Balaban J connectivity index is 1.40. The van der Waals surface area contributed by atoms with Gasteiger partial charge in [0.2, 0.25) is 24.5 Å². The number of aliphatic hydroxyl groups is 1. The largest absolute Gasteiger partial charge is 0.507 e. The van der Waals surface area contributed by atoms with Crippen molar-refractivity contribution in [3.63, 3.8) is 0 Å². The summed E-state index contributed by atoms with van der Waals surface area (Å²) in [5.74, 6) is -1.34. The molecule has 6 N–H and O–H groups in total. The second kappa shape index (κ2) is 12.9. The Labute approximate surface area is 252 Å². The fourth-order valence-electron chi connectivity index (χ4n) is 4.69. The summed E-state index contributed by atoms with van der Waals surface area (Å²) in [7, 11) is 0. The number of hydrogen-bond donors (Lipinski definition) is 6. The number of aliphatic hydroxyl groups excluding tert-OH is 1. The molecule has 13 nitrogen and oxygen atoms in total. The van der Waals surface area contributed by atoms with Crippen molar-refractivity contribution in [3.8, 4) is 28.7 Å². The summed E-state index contributed by atoms with van der Waals surface area (Å²) in [5.41, 5.74) is 1.29. The molecule has 3 aliphatic rings. The minimum absolute atomic E-state index is 0.120. The summed E-state index contributed by atoms with van der Waals surface area (Å²) in [6, 6.07) is 12.5. The maximum Gasteiger partial charge on any atom is 0.255 e. The van der Waals surface area contributed by atoms with E-state index < -0.39 is 47.9 Å². The molecule has 13 heteroatoms. The number of carbonyl (C=O) groups excluding carboxylic acids is 4. The molecule has 0 spiro atoms. The van der Waals surface area contributed by atoms with Crippen molar-refractivity contribution < 1.29 is 43.6 Å². The molecule has 0 aromatic heterocycles. The number of amides is 4. The lowest BCUT2D eigenvalue weighted by molar-refractivity contribution is -0.133. The third-order valence-electron chi connectivity index (χ3n) is 7.15. The highest BCUT2D eigenvalue weighted by Crippen LogP contribution is 2.32. The Bertz CT molecular complexity index is 1570. The van der Waals surface area contributed by atoms with E-state index >= 15 is 0 Å². The van der Waals surface area contributed by atoms with Crippen molar-refractivity contribution in [2.75, 3.05) is 6.79 Å². The van der Waals surface area contributed by atoms with Crippen molar-refractivity contribution in [1.29, 1.82) is 0 Å². The number of benzene rings is 3. The van der Waals surface area contributed by atoms with E-state index in [0.29, 0.717) is 22.8 Å². The van der Waals surface area contributed by atoms with Crippen LogP contribution in [0, 0.1) is 0 Å². The lowest BCUT2D eigenvalue weighted by atomic mass is 10.0. The van der Waals surface area contributed by atoms with Crippen LogP contribution in [0.15, 0.2) is 60.7 Å². The van der Waals surface area contributed by atoms with Gasteiger partial charge in [-0.05, 0) is 67.4 Å². The van der Waals surface area contributed by atoms with Gasteiger partial charge in [-0.25, -0.2) is 0 Å². The lowest BCUT2D eigenvalue weighted by Gasteiger charge is -2.25. The molecule has 0 fully saturated rings. The number of phenolic OH excluding ortho intramolecular Hbond substituents is 1. The average Bonchev–Trinajstić information content (AvgIpc) is 3.47. The van der Waals surface area contributed by atoms with Crippen LogP contribution in [-0.4, -0.2) is 64.9 Å². The number of ether oxygens (including phenoxy) is 3. The fourth-order valence-corrected chi connectivity index (χ4v) is 4.69. The number of phenols is 1. The molecule has 0 radical (unpaired) electrons. The lowest BCUT2D eigenvalue weighted by Crippen LogP contribution is -2.58. The van der Waals surface area contributed by atoms with E-state index in [2.05, 4.69) is 21.3 Å². The van der Waals surface area contributed by atoms with E-state index in [4.69, 9.17) is 14.2 Å². The molecule has 3 aromatic carbocycles. The smallest absolute Gasteiger partial charge is 0.255 e. The van der Waals surface area contributed by atoms with Crippen LogP contribution in [0.1, 0.15) is 35.3 Å². The van der Waals surface area contributed by atoms with Crippen LogP contribution >= 0.6 is 0 Å². The van der Waals surface area contributed by atoms with Crippen LogP contribution in [0.4, 0.5) is 0 Å². The topological polar surface area (TPSA) is 185 Å². The molecule has 4 atom stereocenters. The second-order valence-electron chi connectivity index (χ2n) is 10.5. The standard InChI is InChI=1S/C31H32N4O9/c1-16-28(38)34-23(30(40)32-14-19-5-10-25-26(12-19)43-15-42-25)11-18-3-6-20(7-4-18)44-21-8-9-24(37)22(13-21)29(39)35-27(17(2)36)31(41)33-16/h3-10,12-13,16-17,23,27,36-37H,11,14-15H2,1-2H3,(H,32,40)(H,33,41)(H,34,38)(H,35,39)/t16-,17+,23-,27-/m0/s1. The SMILES string of the molecule is C[C@@H]1NC(=O)[C@H]([C@@H](C)O)NC(=O)c2cc(ccc2O)Oc2ccc(cc2)C[C@@H](C(=O)NCc2ccc3c(c2)OCO3)NC1=O. The van der Waals surface area contributed by atoms with Crippen molar-refractivity contribution in [3.05, 3.63) is 77.4 Å². The molecule has 4 bridgehead atoms. The molecule has 6 rings (SSSR count). The Kier molecular flexibility index (Phi) is 8.86. The van der Waals surface area contributed by atoms with Crippen LogP contribution in [0.25, 0.3) is 0 Å². The van der Waals surface area contributed by atoms with Crippen LogP contribution in [0.2, 0.25) is 0 Å². The molecule has 4 amide bonds. The van der Waals surface area contributed by atoms with Gasteiger partial charge in [-0.2, -0.15) is 0 Å². The van der Waals surface area contributed by atoms with E-state index in [0.717, 1.165) is 5.56 Å². The third kappa shape index (κ3) is 7.01. The van der Waals surface area contributed by atoms with Gasteiger partial charge in [0.15, 0.2) is 11.5 Å². The number of fused-ring (bicyclic) bond motifs is 12. The van der Waals surface area contributed by atoms with Gasteiger partial charge in [0.25, 0.3) is 5.91 Å². The molecule has 3 heterocycles. The van der Waals surface area contributed by atoms with Gasteiger partial charge in [-0.1, -0.05) is 18.2 Å². The maximum atomic E-state index is 13.4. The Morgan fingerprint density at radius 2 is 1.66 bits per heavy atom. The molecule has 44 heavy (non-hydrogen) atoms. The number of nitrogens with one attached hydrogen (secondary N) is 4. The first kappa shape index (κ1) is 30.2. The van der Waals surface area contributed by atoms with Gasteiger partial charge in [0.05, 0.1) is 11.7 Å². The maximum absolute atomic E-state index is 13.4. The number of carbonyl (C=O) groups is 4. The summed E-state index contributed by atoms with van der Waals surface area (Å²) in [6.45, 7) is 2.99. The van der Waals surface area contributed by atoms with Gasteiger partial charge in [0, 0.05) is 13.0 Å². The second-order valence-corrected chi connectivity index (χ2v) is 10.5. The van der Waals surface area contributed by atoms with Crippen molar-refractivity contribution >= 4 is 23.6 Å². The van der Waals surface area contributed by atoms with Crippen LogP contribution in [0.3, 0.4) is 0 Å². The quantitative estimate of drug-likeness (QED) is 0.239. The van der Waals surface area contributed by atoms with Gasteiger partial charge < -0.3 is 45.7 Å². The molecule has 0 aliphatic carbocycles. The Hall–Kier alpha value is -5.30. The zero-order valence-electron chi connectivity index (χ0n) is 24.0. The normalized spacial score (nSPS) is 20.7.